The van der Waals surface area contributed by atoms with Crippen LogP contribution in [0.4, 0.5) is 16.0 Å². The Morgan fingerprint density at radius 3 is 2.50 bits per heavy atom. The number of nitrogens with zero attached hydrogens (tertiary/aromatic N) is 3. The standard InChI is InChI=1S/C22H23FN4O/c1-15(2)27(14-17-8-5-4-6-9-17)21(28)20-12-16(3)24-22(26-20)25-19-11-7-10-18(23)13-19/h4-13,15H,14H2,1-3H3,(H,24,25,26). The number of halogens is 1. The van der Waals surface area contributed by atoms with Crippen LogP contribution in [0.15, 0.2) is 60.7 Å². The van der Waals surface area contributed by atoms with Crippen molar-refractivity contribution >= 4 is 17.5 Å². The molecule has 1 amide bonds. The molecule has 5 nitrogen and oxygen atoms in total. The largest absolute Gasteiger partial charge is 0.331 e. The molecule has 1 heterocycles. The van der Waals surface area contributed by atoms with Crippen molar-refractivity contribution in [3.63, 3.8) is 0 Å². The fraction of sp³-hybridized carbons (Fsp3) is 0.227. The van der Waals surface area contributed by atoms with E-state index < -0.39 is 0 Å². The van der Waals surface area contributed by atoms with E-state index in [1.807, 2.05) is 44.2 Å². The fourth-order valence-corrected chi connectivity index (χ4v) is 2.85. The smallest absolute Gasteiger partial charge is 0.273 e. The van der Waals surface area contributed by atoms with Crippen LogP contribution in [0.5, 0.6) is 0 Å². The zero-order valence-electron chi connectivity index (χ0n) is 16.2. The lowest BCUT2D eigenvalue weighted by Gasteiger charge is -2.26. The quantitative estimate of drug-likeness (QED) is 0.674. The van der Waals surface area contributed by atoms with Crippen LogP contribution < -0.4 is 5.32 Å². The summed E-state index contributed by atoms with van der Waals surface area (Å²) in [5.74, 6) is -0.271. The highest BCUT2D eigenvalue weighted by Crippen LogP contribution is 2.17. The van der Waals surface area contributed by atoms with Gasteiger partial charge in [0.2, 0.25) is 5.95 Å². The molecule has 0 radical (unpaired) electrons. The molecule has 0 spiro atoms. The highest BCUT2D eigenvalue weighted by molar-refractivity contribution is 5.93. The number of aryl methyl sites for hydroxylation is 1. The summed E-state index contributed by atoms with van der Waals surface area (Å²) in [4.78, 5) is 23.6. The minimum absolute atomic E-state index is 0.00241. The summed E-state index contributed by atoms with van der Waals surface area (Å²) >= 11 is 0. The highest BCUT2D eigenvalue weighted by Gasteiger charge is 2.21. The van der Waals surface area contributed by atoms with Crippen LogP contribution in [0.2, 0.25) is 0 Å². The van der Waals surface area contributed by atoms with Crippen LogP contribution >= 0.6 is 0 Å². The molecular formula is C22H23FN4O. The maximum absolute atomic E-state index is 13.4. The van der Waals surface area contributed by atoms with Crippen molar-refractivity contribution < 1.29 is 9.18 Å². The van der Waals surface area contributed by atoms with Crippen LogP contribution in [0, 0.1) is 12.7 Å². The predicted molar refractivity (Wildman–Crippen MR) is 108 cm³/mol. The Hall–Kier alpha value is -3.28. The van der Waals surface area contributed by atoms with E-state index in [1.165, 1.54) is 12.1 Å². The van der Waals surface area contributed by atoms with Gasteiger partial charge in [0.05, 0.1) is 0 Å². The lowest BCUT2D eigenvalue weighted by molar-refractivity contribution is 0.0684. The van der Waals surface area contributed by atoms with Crippen molar-refractivity contribution in [2.45, 2.75) is 33.4 Å². The fourth-order valence-electron chi connectivity index (χ4n) is 2.85. The van der Waals surface area contributed by atoms with Gasteiger partial charge in [0.1, 0.15) is 11.5 Å². The van der Waals surface area contributed by atoms with Gasteiger partial charge in [-0.25, -0.2) is 14.4 Å². The Bertz CT molecular complexity index is 960. The van der Waals surface area contributed by atoms with E-state index in [2.05, 4.69) is 15.3 Å². The average Bonchev–Trinajstić information content (AvgIpc) is 2.66. The molecule has 0 atom stereocenters. The summed E-state index contributed by atoms with van der Waals surface area (Å²) in [5.41, 5.74) is 2.53. The number of anilines is 2. The number of benzene rings is 2. The number of aromatic nitrogens is 2. The Kier molecular flexibility index (Phi) is 5.99. The summed E-state index contributed by atoms with van der Waals surface area (Å²) in [5, 5.41) is 2.97. The Balaban J connectivity index is 1.86. The molecular weight excluding hydrogens is 355 g/mol. The molecule has 0 saturated carbocycles. The van der Waals surface area contributed by atoms with Gasteiger partial charge in [0, 0.05) is 24.0 Å². The zero-order chi connectivity index (χ0) is 20.1. The van der Waals surface area contributed by atoms with Crippen molar-refractivity contribution in [1.29, 1.82) is 0 Å². The number of amides is 1. The topological polar surface area (TPSA) is 58.1 Å². The first-order chi connectivity index (χ1) is 13.4. The van der Waals surface area contributed by atoms with Crippen LogP contribution in [0.3, 0.4) is 0 Å². The summed E-state index contributed by atoms with van der Waals surface area (Å²) in [6, 6.07) is 17.5. The third-order valence-corrected chi connectivity index (χ3v) is 4.23. The molecule has 144 valence electrons. The second-order valence-corrected chi connectivity index (χ2v) is 6.87. The molecule has 0 aliphatic carbocycles. The zero-order valence-corrected chi connectivity index (χ0v) is 16.2. The number of carbonyl (C=O) groups is 1. The van der Waals surface area contributed by atoms with Crippen LogP contribution in [0.1, 0.15) is 35.6 Å². The minimum atomic E-state index is -0.359. The molecule has 6 heteroatoms. The molecule has 1 N–H and O–H groups in total. The van der Waals surface area contributed by atoms with E-state index in [1.54, 1.807) is 30.0 Å². The van der Waals surface area contributed by atoms with E-state index >= 15 is 0 Å². The normalized spacial score (nSPS) is 10.8. The van der Waals surface area contributed by atoms with Gasteiger partial charge in [-0.3, -0.25) is 4.79 Å². The molecule has 0 aliphatic rings. The predicted octanol–water partition coefficient (Wildman–Crippen LogP) is 4.72. The van der Waals surface area contributed by atoms with E-state index in [0.29, 0.717) is 23.6 Å². The van der Waals surface area contributed by atoms with E-state index in [-0.39, 0.29) is 23.7 Å². The van der Waals surface area contributed by atoms with E-state index in [0.717, 1.165) is 5.56 Å². The third kappa shape index (κ3) is 4.91. The molecule has 0 unspecified atom stereocenters. The van der Waals surface area contributed by atoms with Crippen LogP contribution in [-0.4, -0.2) is 26.8 Å². The van der Waals surface area contributed by atoms with Crippen LogP contribution in [-0.2, 0) is 6.54 Å². The number of hydrogen-bond acceptors (Lipinski definition) is 4. The van der Waals surface area contributed by atoms with Crippen molar-refractivity contribution in [1.82, 2.24) is 14.9 Å². The first kappa shape index (κ1) is 19.5. The van der Waals surface area contributed by atoms with Gasteiger partial charge in [-0.2, -0.15) is 0 Å². The van der Waals surface area contributed by atoms with Gasteiger partial charge in [-0.1, -0.05) is 36.4 Å². The molecule has 0 aliphatic heterocycles. The Labute approximate surface area is 164 Å². The van der Waals surface area contributed by atoms with Gasteiger partial charge >= 0.3 is 0 Å². The first-order valence-electron chi connectivity index (χ1n) is 9.15. The van der Waals surface area contributed by atoms with Gasteiger partial charge in [-0.15, -0.1) is 0 Å². The lowest BCUT2D eigenvalue weighted by atomic mass is 10.1. The molecule has 3 aromatic rings. The number of carbonyl (C=O) groups excluding carboxylic acids is 1. The summed E-state index contributed by atoms with van der Waals surface area (Å²) in [6.07, 6.45) is 0. The summed E-state index contributed by atoms with van der Waals surface area (Å²) in [6.45, 7) is 6.24. The maximum atomic E-state index is 13.4. The van der Waals surface area contributed by atoms with Gasteiger partial charge in [0.25, 0.3) is 5.91 Å². The average molecular weight is 378 g/mol. The number of nitrogens with one attached hydrogen (secondary N) is 1. The van der Waals surface area contributed by atoms with Crippen molar-refractivity contribution in [2.24, 2.45) is 0 Å². The van der Waals surface area contributed by atoms with Gasteiger partial charge in [-0.05, 0) is 50.6 Å². The molecule has 2 aromatic carbocycles. The van der Waals surface area contributed by atoms with Gasteiger partial charge in [0.15, 0.2) is 0 Å². The summed E-state index contributed by atoms with van der Waals surface area (Å²) in [7, 11) is 0. The van der Waals surface area contributed by atoms with Crippen molar-refractivity contribution in [3.8, 4) is 0 Å². The van der Waals surface area contributed by atoms with Gasteiger partial charge < -0.3 is 10.2 Å². The monoisotopic (exact) mass is 378 g/mol. The van der Waals surface area contributed by atoms with Crippen LogP contribution in [0.25, 0.3) is 0 Å². The Morgan fingerprint density at radius 1 is 1.07 bits per heavy atom. The SMILES string of the molecule is Cc1cc(C(=O)N(Cc2ccccc2)C(C)C)nc(Nc2cccc(F)c2)n1. The second kappa shape index (κ2) is 8.61. The van der Waals surface area contributed by atoms with Crippen molar-refractivity contribution in [3.05, 3.63) is 83.4 Å². The summed E-state index contributed by atoms with van der Waals surface area (Å²) < 4.78 is 13.4. The number of hydrogen-bond donors (Lipinski definition) is 1. The first-order valence-corrected chi connectivity index (χ1v) is 9.15. The minimum Gasteiger partial charge on any atom is -0.331 e. The van der Waals surface area contributed by atoms with Crippen molar-refractivity contribution in [2.75, 3.05) is 5.32 Å². The molecule has 0 saturated heterocycles. The highest BCUT2D eigenvalue weighted by atomic mass is 19.1. The lowest BCUT2D eigenvalue weighted by Crippen LogP contribution is -2.37. The van der Waals surface area contributed by atoms with E-state index in [9.17, 15) is 9.18 Å². The molecule has 0 fully saturated rings. The maximum Gasteiger partial charge on any atom is 0.273 e. The van der Waals surface area contributed by atoms with E-state index in [4.69, 9.17) is 0 Å². The third-order valence-electron chi connectivity index (χ3n) is 4.23. The molecule has 1 aromatic heterocycles. The molecule has 3 rings (SSSR count). The second-order valence-electron chi connectivity index (χ2n) is 6.87. The number of rotatable bonds is 6. The molecule has 0 bridgehead atoms. The molecule has 28 heavy (non-hydrogen) atoms. The Morgan fingerprint density at radius 2 is 1.82 bits per heavy atom.